The Hall–Kier alpha value is -2.74. The number of allylic oxidation sites excluding steroid dienone is 2. The lowest BCUT2D eigenvalue weighted by molar-refractivity contribution is 1.12. The molecule has 1 aliphatic carbocycles. The van der Waals surface area contributed by atoms with E-state index in [0.717, 1.165) is 28.9 Å². The van der Waals surface area contributed by atoms with Gasteiger partial charge in [-0.1, -0.05) is 24.3 Å². The van der Waals surface area contributed by atoms with E-state index in [0.29, 0.717) is 0 Å². The van der Waals surface area contributed by atoms with Crippen LogP contribution in [0.2, 0.25) is 0 Å². The maximum Gasteiger partial charge on any atom is 0.0702 e. The van der Waals surface area contributed by atoms with Crippen molar-refractivity contribution in [3.63, 3.8) is 0 Å². The van der Waals surface area contributed by atoms with E-state index in [1.165, 1.54) is 11.5 Å². The summed E-state index contributed by atoms with van der Waals surface area (Å²) >= 11 is 0. The van der Waals surface area contributed by atoms with Gasteiger partial charge in [-0.2, -0.15) is 0 Å². The van der Waals surface area contributed by atoms with Gasteiger partial charge in [-0.05, 0) is 60.9 Å². The van der Waals surface area contributed by atoms with Crippen LogP contribution in [0.4, 0.5) is 0 Å². The lowest BCUT2D eigenvalue weighted by Gasteiger charge is -2.13. The van der Waals surface area contributed by atoms with Gasteiger partial charge in [0, 0.05) is 29.4 Å². The molecule has 2 aromatic heterocycles. The van der Waals surface area contributed by atoms with E-state index in [2.05, 4.69) is 46.7 Å². The monoisotopic (exact) mass is 296 g/mol. The van der Waals surface area contributed by atoms with Crippen molar-refractivity contribution in [3.8, 4) is 22.5 Å². The van der Waals surface area contributed by atoms with E-state index in [1.807, 2.05) is 48.8 Å². The number of nitrogens with zero attached hydrogens (tertiary/aromatic N) is 2. The molecular formula is C21H16N2. The van der Waals surface area contributed by atoms with Crippen molar-refractivity contribution in [2.24, 2.45) is 0 Å². The van der Waals surface area contributed by atoms with Crippen LogP contribution in [0.3, 0.4) is 0 Å². The van der Waals surface area contributed by atoms with Gasteiger partial charge in [0.25, 0.3) is 0 Å². The Bertz CT molecular complexity index is 757. The van der Waals surface area contributed by atoms with Gasteiger partial charge < -0.3 is 0 Å². The smallest absolute Gasteiger partial charge is 0.0702 e. The van der Waals surface area contributed by atoms with Gasteiger partial charge in [-0.25, -0.2) is 0 Å². The second-order valence-corrected chi connectivity index (χ2v) is 5.55. The van der Waals surface area contributed by atoms with Crippen LogP contribution in [0, 0.1) is 12.3 Å². The number of pyridine rings is 2. The second kappa shape index (κ2) is 6.17. The predicted molar refractivity (Wildman–Crippen MR) is 93.3 cm³/mol. The zero-order valence-corrected chi connectivity index (χ0v) is 12.7. The molecule has 110 valence electrons. The number of benzene rings is 1. The fourth-order valence-corrected chi connectivity index (χ4v) is 2.84. The molecule has 3 aromatic rings. The van der Waals surface area contributed by atoms with Crippen molar-refractivity contribution in [1.29, 1.82) is 0 Å². The minimum Gasteiger partial charge on any atom is -0.256 e. The molecule has 0 amide bonds. The van der Waals surface area contributed by atoms with Gasteiger partial charge in [0.15, 0.2) is 0 Å². The molecule has 0 aliphatic heterocycles. The predicted octanol–water partition coefficient (Wildman–Crippen LogP) is 4.90. The molecule has 1 aliphatic rings. The molecule has 2 heteroatoms. The van der Waals surface area contributed by atoms with Gasteiger partial charge in [0.1, 0.15) is 0 Å². The number of hydrogen-bond donors (Lipinski definition) is 0. The van der Waals surface area contributed by atoms with Gasteiger partial charge in [-0.3, -0.25) is 9.97 Å². The van der Waals surface area contributed by atoms with Crippen LogP contribution in [0.5, 0.6) is 0 Å². The SMILES string of the molecule is [CH]1C=CC[C]1c1cc(-c2ccccn2)cc(-c2ccccn2)c1. The summed E-state index contributed by atoms with van der Waals surface area (Å²) in [6.07, 6.45) is 11.1. The highest BCUT2D eigenvalue weighted by atomic mass is 14.7. The molecule has 0 saturated heterocycles. The van der Waals surface area contributed by atoms with Crippen LogP contribution in [0.25, 0.3) is 22.5 Å². The van der Waals surface area contributed by atoms with Crippen molar-refractivity contribution >= 4 is 0 Å². The van der Waals surface area contributed by atoms with Crippen LogP contribution in [0.1, 0.15) is 12.0 Å². The van der Waals surface area contributed by atoms with Crippen LogP contribution in [-0.2, 0) is 0 Å². The summed E-state index contributed by atoms with van der Waals surface area (Å²) in [7, 11) is 0. The Morgan fingerprint density at radius 3 is 1.78 bits per heavy atom. The first kappa shape index (κ1) is 13.9. The lowest BCUT2D eigenvalue weighted by Crippen LogP contribution is -1.97. The summed E-state index contributed by atoms with van der Waals surface area (Å²) in [5.41, 5.74) is 5.45. The molecule has 0 fully saturated rings. The topological polar surface area (TPSA) is 25.8 Å². The van der Waals surface area contributed by atoms with Crippen molar-refractivity contribution in [3.05, 3.63) is 97.0 Å². The molecule has 0 atom stereocenters. The normalized spacial score (nSPS) is 14.3. The Kier molecular flexibility index (Phi) is 3.73. The fourth-order valence-electron chi connectivity index (χ4n) is 2.84. The summed E-state index contributed by atoms with van der Waals surface area (Å²) in [5.74, 6) is 1.33. The molecule has 2 heterocycles. The summed E-state index contributed by atoms with van der Waals surface area (Å²) < 4.78 is 0. The van der Waals surface area contributed by atoms with E-state index in [9.17, 15) is 0 Å². The molecule has 0 bridgehead atoms. The highest BCUT2D eigenvalue weighted by Gasteiger charge is 2.16. The third-order valence-electron chi connectivity index (χ3n) is 4.00. The molecule has 0 unspecified atom stereocenters. The van der Waals surface area contributed by atoms with Crippen molar-refractivity contribution in [1.82, 2.24) is 9.97 Å². The number of rotatable bonds is 3. The highest BCUT2D eigenvalue weighted by Crippen LogP contribution is 2.33. The van der Waals surface area contributed by atoms with Crippen LogP contribution in [-0.4, -0.2) is 9.97 Å². The molecule has 0 spiro atoms. The third kappa shape index (κ3) is 2.93. The molecule has 23 heavy (non-hydrogen) atoms. The first-order valence-electron chi connectivity index (χ1n) is 7.74. The molecule has 1 aromatic carbocycles. The van der Waals surface area contributed by atoms with Crippen molar-refractivity contribution in [2.45, 2.75) is 6.42 Å². The van der Waals surface area contributed by atoms with Gasteiger partial charge in [0.05, 0.1) is 11.4 Å². The molecule has 0 N–H and O–H groups in total. The highest BCUT2D eigenvalue weighted by molar-refractivity contribution is 5.72. The molecule has 4 rings (SSSR count). The zero-order valence-electron chi connectivity index (χ0n) is 12.7. The van der Waals surface area contributed by atoms with Gasteiger partial charge in [-0.15, -0.1) is 0 Å². The maximum absolute atomic E-state index is 4.50. The molecule has 2 nitrogen and oxygen atoms in total. The standard InChI is InChI=1S/C21H16N2/c1-2-8-16(7-1)17-13-18(20-9-3-5-11-22-20)15-19(14-17)21-10-4-6-12-23-21/h1-7,9-15H,8H2. The maximum atomic E-state index is 4.50. The molecule has 0 saturated carbocycles. The summed E-state index contributed by atoms with van der Waals surface area (Å²) in [6, 6.07) is 18.6. The minimum absolute atomic E-state index is 0.979. The van der Waals surface area contributed by atoms with Gasteiger partial charge >= 0.3 is 0 Å². The largest absolute Gasteiger partial charge is 0.256 e. The minimum atomic E-state index is 0.979. The number of aromatic nitrogens is 2. The summed E-state index contributed by atoms with van der Waals surface area (Å²) in [6.45, 7) is 0. The fraction of sp³-hybridized carbons (Fsp3) is 0.0476. The molecule has 2 radical (unpaired) electrons. The van der Waals surface area contributed by atoms with E-state index in [-0.39, 0.29) is 0 Å². The first-order chi connectivity index (χ1) is 11.4. The van der Waals surface area contributed by atoms with Gasteiger partial charge in [0.2, 0.25) is 0 Å². The Morgan fingerprint density at radius 1 is 0.696 bits per heavy atom. The Morgan fingerprint density at radius 2 is 1.30 bits per heavy atom. The van der Waals surface area contributed by atoms with E-state index in [1.54, 1.807) is 0 Å². The first-order valence-corrected chi connectivity index (χ1v) is 7.74. The van der Waals surface area contributed by atoms with E-state index >= 15 is 0 Å². The average molecular weight is 296 g/mol. The quantitative estimate of drug-likeness (QED) is 0.687. The van der Waals surface area contributed by atoms with Crippen molar-refractivity contribution in [2.75, 3.05) is 0 Å². The molecular weight excluding hydrogens is 280 g/mol. The van der Waals surface area contributed by atoms with E-state index in [4.69, 9.17) is 0 Å². The second-order valence-electron chi connectivity index (χ2n) is 5.55. The number of hydrogen-bond acceptors (Lipinski definition) is 2. The lowest BCUT2D eigenvalue weighted by atomic mass is 9.91. The van der Waals surface area contributed by atoms with Crippen LogP contribution in [0.15, 0.2) is 79.1 Å². The zero-order chi connectivity index (χ0) is 15.5. The average Bonchev–Trinajstić information content (AvgIpc) is 3.18. The van der Waals surface area contributed by atoms with Crippen molar-refractivity contribution < 1.29 is 0 Å². The summed E-state index contributed by atoms with van der Waals surface area (Å²) in [4.78, 5) is 8.99. The van der Waals surface area contributed by atoms with E-state index < -0.39 is 0 Å². The third-order valence-corrected chi connectivity index (χ3v) is 4.00. The van der Waals surface area contributed by atoms with Crippen LogP contribution >= 0.6 is 0 Å². The summed E-state index contributed by atoms with van der Waals surface area (Å²) in [5, 5.41) is 0. The Labute approximate surface area is 136 Å². The Balaban J connectivity index is 1.84. The van der Waals surface area contributed by atoms with Crippen LogP contribution < -0.4 is 0 Å².